The molecule has 2 heterocycles. The van der Waals surface area contributed by atoms with Crippen molar-refractivity contribution < 1.29 is 23.5 Å². The highest BCUT2D eigenvalue weighted by Crippen LogP contribution is 2.42. The lowest BCUT2D eigenvalue weighted by molar-refractivity contribution is -0.114. The van der Waals surface area contributed by atoms with Crippen LogP contribution in [-0.4, -0.2) is 33.1 Å². The van der Waals surface area contributed by atoms with Gasteiger partial charge in [-0.2, -0.15) is 0 Å². The minimum atomic E-state index is -0.235. The normalized spacial score (nSPS) is 14.3. The van der Waals surface area contributed by atoms with Crippen LogP contribution in [0.2, 0.25) is 0 Å². The van der Waals surface area contributed by atoms with Crippen molar-refractivity contribution >= 4 is 35.3 Å². The van der Waals surface area contributed by atoms with Gasteiger partial charge in [0, 0.05) is 17.5 Å². The molecule has 8 heteroatoms. The van der Waals surface area contributed by atoms with Gasteiger partial charge in [-0.1, -0.05) is 17.8 Å². The number of benzene rings is 2. The van der Waals surface area contributed by atoms with E-state index in [1.54, 1.807) is 62.8 Å². The standard InChI is InChI=1S/C24H22N2O5S/c1-26-18-13-16(23(27)25-14-17-5-4-10-31-17)7-9-21(18)32-22(24(26)28)12-15-6-8-19(29-2)20(11-15)30-3/h4-13H,14H2,1-3H3,(H,25,27)/b22-12-. The average Bonchev–Trinajstić information content (AvgIpc) is 3.34. The number of fused-ring (bicyclic) bond motifs is 1. The number of ether oxygens (including phenoxy) is 2. The molecule has 32 heavy (non-hydrogen) atoms. The highest BCUT2D eigenvalue weighted by molar-refractivity contribution is 8.04. The van der Waals surface area contributed by atoms with Crippen LogP contribution in [0.5, 0.6) is 11.5 Å². The molecule has 0 atom stereocenters. The van der Waals surface area contributed by atoms with Crippen molar-refractivity contribution in [2.45, 2.75) is 11.4 Å². The summed E-state index contributed by atoms with van der Waals surface area (Å²) in [5, 5.41) is 2.82. The van der Waals surface area contributed by atoms with E-state index >= 15 is 0 Å². The van der Waals surface area contributed by atoms with Gasteiger partial charge in [0.2, 0.25) is 0 Å². The summed E-state index contributed by atoms with van der Waals surface area (Å²) in [7, 11) is 4.85. The zero-order chi connectivity index (χ0) is 22.7. The third kappa shape index (κ3) is 4.36. The Hall–Kier alpha value is -3.65. The zero-order valence-electron chi connectivity index (χ0n) is 17.9. The van der Waals surface area contributed by atoms with E-state index in [-0.39, 0.29) is 11.8 Å². The number of furan rings is 1. The molecule has 2 aromatic carbocycles. The number of anilines is 1. The van der Waals surface area contributed by atoms with Gasteiger partial charge < -0.3 is 24.1 Å². The quantitative estimate of drug-likeness (QED) is 0.563. The topological polar surface area (TPSA) is 81.0 Å². The van der Waals surface area contributed by atoms with E-state index in [0.717, 1.165) is 10.5 Å². The summed E-state index contributed by atoms with van der Waals surface area (Å²) in [6, 6.07) is 14.4. The fourth-order valence-corrected chi connectivity index (χ4v) is 4.40. The molecule has 0 aliphatic carbocycles. The molecule has 0 saturated heterocycles. The van der Waals surface area contributed by atoms with Crippen LogP contribution in [0, 0.1) is 0 Å². The first-order valence-corrected chi connectivity index (χ1v) is 10.7. The smallest absolute Gasteiger partial charge is 0.264 e. The molecule has 0 radical (unpaired) electrons. The third-order valence-electron chi connectivity index (χ3n) is 5.03. The Kier molecular flexibility index (Phi) is 6.23. The molecule has 1 N–H and O–H groups in total. The van der Waals surface area contributed by atoms with E-state index in [4.69, 9.17) is 13.9 Å². The molecule has 1 aliphatic rings. The maximum atomic E-state index is 13.0. The molecule has 4 rings (SSSR count). The first-order valence-electron chi connectivity index (χ1n) is 9.84. The third-order valence-corrected chi connectivity index (χ3v) is 6.10. The predicted molar refractivity (Wildman–Crippen MR) is 123 cm³/mol. The van der Waals surface area contributed by atoms with Crippen LogP contribution in [0.3, 0.4) is 0 Å². The number of likely N-dealkylation sites (N-methyl/N-ethyl adjacent to an activating group) is 1. The Morgan fingerprint density at radius 2 is 1.94 bits per heavy atom. The SMILES string of the molecule is COc1ccc(/C=C2\Sc3ccc(C(=O)NCc4ccco4)cc3N(C)C2=O)cc1OC. The minimum Gasteiger partial charge on any atom is -0.493 e. The Balaban J connectivity index is 1.56. The van der Waals surface area contributed by atoms with Crippen molar-refractivity contribution in [2.75, 3.05) is 26.2 Å². The fourth-order valence-electron chi connectivity index (χ4n) is 3.31. The molecule has 0 unspecified atom stereocenters. The monoisotopic (exact) mass is 450 g/mol. The van der Waals surface area contributed by atoms with E-state index < -0.39 is 0 Å². The van der Waals surface area contributed by atoms with Gasteiger partial charge in [-0.15, -0.1) is 0 Å². The van der Waals surface area contributed by atoms with Crippen molar-refractivity contribution in [1.29, 1.82) is 0 Å². The number of nitrogens with one attached hydrogen (secondary N) is 1. The van der Waals surface area contributed by atoms with Gasteiger partial charge in [0.15, 0.2) is 11.5 Å². The van der Waals surface area contributed by atoms with E-state index in [2.05, 4.69) is 5.32 Å². The Morgan fingerprint density at radius 1 is 1.12 bits per heavy atom. The first-order chi connectivity index (χ1) is 15.5. The number of nitrogens with zero attached hydrogens (tertiary/aromatic N) is 1. The van der Waals surface area contributed by atoms with Gasteiger partial charge in [0.05, 0.1) is 37.6 Å². The van der Waals surface area contributed by atoms with Crippen molar-refractivity contribution in [1.82, 2.24) is 5.32 Å². The van der Waals surface area contributed by atoms with Crippen LogP contribution < -0.4 is 19.7 Å². The molecular weight excluding hydrogens is 428 g/mol. The number of carbonyl (C=O) groups is 2. The van der Waals surface area contributed by atoms with Crippen LogP contribution in [-0.2, 0) is 11.3 Å². The van der Waals surface area contributed by atoms with Crippen LogP contribution >= 0.6 is 11.8 Å². The van der Waals surface area contributed by atoms with Crippen LogP contribution in [0.15, 0.2) is 69.0 Å². The largest absolute Gasteiger partial charge is 0.493 e. The van der Waals surface area contributed by atoms with Crippen LogP contribution in [0.25, 0.3) is 6.08 Å². The van der Waals surface area contributed by atoms with E-state index in [0.29, 0.717) is 40.0 Å². The highest BCUT2D eigenvalue weighted by Gasteiger charge is 2.27. The van der Waals surface area contributed by atoms with Crippen LogP contribution in [0.1, 0.15) is 21.7 Å². The number of hydrogen-bond acceptors (Lipinski definition) is 6. The van der Waals surface area contributed by atoms with Crippen molar-refractivity contribution in [2.24, 2.45) is 0 Å². The predicted octanol–water partition coefficient (Wildman–Crippen LogP) is 4.34. The molecule has 3 aromatic rings. The molecule has 164 valence electrons. The van der Waals surface area contributed by atoms with Gasteiger partial charge in [0.1, 0.15) is 5.76 Å². The Morgan fingerprint density at radius 3 is 2.66 bits per heavy atom. The number of carbonyl (C=O) groups excluding carboxylic acids is 2. The van der Waals surface area contributed by atoms with Gasteiger partial charge in [0.25, 0.3) is 11.8 Å². The van der Waals surface area contributed by atoms with Crippen molar-refractivity contribution in [3.8, 4) is 11.5 Å². The Labute approximate surface area is 190 Å². The molecule has 0 fully saturated rings. The second-order valence-corrected chi connectivity index (χ2v) is 8.12. The molecule has 1 aromatic heterocycles. The van der Waals surface area contributed by atoms with Gasteiger partial charge >= 0.3 is 0 Å². The van der Waals surface area contributed by atoms with E-state index in [9.17, 15) is 9.59 Å². The summed E-state index contributed by atoms with van der Waals surface area (Å²) in [6.45, 7) is 0.296. The second-order valence-electron chi connectivity index (χ2n) is 7.03. The average molecular weight is 451 g/mol. The maximum absolute atomic E-state index is 13.0. The lowest BCUT2D eigenvalue weighted by atomic mass is 10.1. The van der Waals surface area contributed by atoms with Gasteiger partial charge in [-0.25, -0.2) is 0 Å². The summed E-state index contributed by atoms with van der Waals surface area (Å²) in [6.07, 6.45) is 3.38. The lowest BCUT2D eigenvalue weighted by Crippen LogP contribution is -2.31. The van der Waals surface area contributed by atoms with Crippen molar-refractivity contribution in [3.63, 3.8) is 0 Å². The summed E-state index contributed by atoms with van der Waals surface area (Å²) < 4.78 is 15.9. The zero-order valence-corrected chi connectivity index (χ0v) is 18.7. The van der Waals surface area contributed by atoms with E-state index in [1.807, 2.05) is 24.3 Å². The molecule has 1 aliphatic heterocycles. The summed E-state index contributed by atoms with van der Waals surface area (Å²) in [4.78, 5) is 28.6. The van der Waals surface area contributed by atoms with Crippen molar-refractivity contribution in [3.05, 3.63) is 76.6 Å². The summed E-state index contributed by atoms with van der Waals surface area (Å²) in [5.74, 6) is 1.50. The van der Waals surface area contributed by atoms with E-state index in [1.165, 1.54) is 11.8 Å². The maximum Gasteiger partial charge on any atom is 0.264 e. The molecule has 0 spiro atoms. The number of thioether (sulfide) groups is 1. The fraction of sp³-hybridized carbons (Fsp3) is 0.167. The Bertz CT molecular complexity index is 1190. The molecule has 0 bridgehead atoms. The number of rotatable bonds is 6. The number of methoxy groups -OCH3 is 2. The molecule has 7 nitrogen and oxygen atoms in total. The first kappa shape index (κ1) is 21.6. The molecular formula is C24H22N2O5S. The highest BCUT2D eigenvalue weighted by atomic mass is 32.2. The summed E-state index contributed by atoms with van der Waals surface area (Å²) >= 11 is 1.37. The lowest BCUT2D eigenvalue weighted by Gasteiger charge is -2.27. The minimum absolute atomic E-state index is 0.148. The van der Waals surface area contributed by atoms with Crippen LogP contribution in [0.4, 0.5) is 5.69 Å². The van der Waals surface area contributed by atoms with Gasteiger partial charge in [-0.05, 0) is 54.1 Å². The number of amides is 2. The van der Waals surface area contributed by atoms with Gasteiger partial charge in [-0.3, -0.25) is 9.59 Å². The molecule has 2 amide bonds. The number of hydrogen-bond donors (Lipinski definition) is 1. The summed E-state index contributed by atoms with van der Waals surface area (Å²) in [5.41, 5.74) is 1.99. The molecule has 0 saturated carbocycles. The second kappa shape index (κ2) is 9.23.